The molecule has 0 saturated heterocycles. The minimum absolute atomic E-state index is 0.536. The quantitative estimate of drug-likeness (QED) is 0.818. The Morgan fingerprint density at radius 1 is 1.11 bits per heavy atom. The molecule has 3 heteroatoms. The number of nitrogens with zero attached hydrogens (tertiary/aromatic N) is 1. The highest BCUT2D eigenvalue weighted by atomic mass is 16.5. The molecule has 0 fully saturated rings. The number of aliphatic imine (C=N–C) groups is 1. The second-order valence-electron chi connectivity index (χ2n) is 4.31. The molecule has 1 aliphatic rings. The van der Waals surface area contributed by atoms with Gasteiger partial charge in [-0.3, -0.25) is 0 Å². The van der Waals surface area contributed by atoms with Crippen molar-refractivity contribution in [2.75, 3.05) is 5.73 Å². The molecule has 0 spiro atoms. The third kappa shape index (κ3) is 2.07. The first-order valence-corrected chi connectivity index (χ1v) is 5.93. The lowest BCUT2D eigenvalue weighted by atomic mass is 10.1. The summed E-state index contributed by atoms with van der Waals surface area (Å²) in [4.78, 5) is 4.40. The zero-order chi connectivity index (χ0) is 12.4. The summed E-state index contributed by atoms with van der Waals surface area (Å²) in [6.45, 7) is 1.22. The molecule has 0 atom stereocenters. The van der Waals surface area contributed by atoms with Gasteiger partial charge in [-0.25, -0.2) is 4.99 Å². The molecule has 90 valence electrons. The number of rotatable bonds is 2. The number of benzene rings is 2. The predicted molar refractivity (Wildman–Crippen MR) is 72.3 cm³/mol. The molecule has 2 aromatic rings. The maximum Gasteiger partial charge on any atom is 0.217 e. The topological polar surface area (TPSA) is 47.6 Å². The molecule has 3 rings (SSSR count). The second-order valence-corrected chi connectivity index (χ2v) is 4.31. The van der Waals surface area contributed by atoms with Crippen molar-refractivity contribution < 1.29 is 4.74 Å². The van der Waals surface area contributed by atoms with E-state index in [4.69, 9.17) is 10.5 Å². The number of hydrogen-bond donors (Lipinski definition) is 1. The molecule has 0 amide bonds. The first-order valence-electron chi connectivity index (χ1n) is 5.93. The molecule has 2 N–H and O–H groups in total. The van der Waals surface area contributed by atoms with E-state index in [2.05, 4.69) is 4.99 Å². The Morgan fingerprint density at radius 2 is 1.94 bits per heavy atom. The van der Waals surface area contributed by atoms with Crippen LogP contribution in [0.5, 0.6) is 0 Å². The number of nitrogen functional groups attached to an aromatic ring is 1. The first-order chi connectivity index (χ1) is 8.83. The van der Waals surface area contributed by atoms with Gasteiger partial charge >= 0.3 is 0 Å². The van der Waals surface area contributed by atoms with E-state index in [1.165, 1.54) is 5.56 Å². The maximum atomic E-state index is 5.79. The first kappa shape index (κ1) is 10.8. The summed E-state index contributed by atoms with van der Waals surface area (Å²) in [6, 6.07) is 15.9. The molecular weight excluding hydrogens is 224 g/mol. The highest BCUT2D eigenvalue weighted by Crippen LogP contribution is 2.22. The average Bonchev–Trinajstić information content (AvgIpc) is 2.80. The zero-order valence-electron chi connectivity index (χ0n) is 9.97. The van der Waals surface area contributed by atoms with Gasteiger partial charge in [0.25, 0.3) is 0 Å². The largest absolute Gasteiger partial charge is 0.473 e. The molecular formula is C15H14N2O. The van der Waals surface area contributed by atoms with E-state index in [9.17, 15) is 0 Å². The van der Waals surface area contributed by atoms with Crippen molar-refractivity contribution in [3.05, 3.63) is 65.2 Å². The van der Waals surface area contributed by atoms with Gasteiger partial charge in [-0.05, 0) is 23.3 Å². The van der Waals surface area contributed by atoms with Gasteiger partial charge in [-0.1, -0.05) is 36.4 Å². The molecule has 18 heavy (non-hydrogen) atoms. The van der Waals surface area contributed by atoms with Crippen LogP contribution in [0, 0.1) is 0 Å². The van der Waals surface area contributed by atoms with Crippen molar-refractivity contribution in [3.63, 3.8) is 0 Å². The molecule has 0 bridgehead atoms. The van der Waals surface area contributed by atoms with E-state index in [1.807, 2.05) is 48.5 Å². The molecule has 0 aromatic heterocycles. The van der Waals surface area contributed by atoms with Crippen molar-refractivity contribution in [2.45, 2.75) is 13.2 Å². The van der Waals surface area contributed by atoms with Crippen molar-refractivity contribution in [1.29, 1.82) is 0 Å². The molecule has 1 heterocycles. The highest BCUT2D eigenvalue weighted by Gasteiger charge is 2.17. The SMILES string of the molecule is Nc1ccc2c(c1)C(OCc1ccccc1)=NC2. The summed E-state index contributed by atoms with van der Waals surface area (Å²) in [6.07, 6.45) is 0. The molecule has 0 unspecified atom stereocenters. The fraction of sp³-hybridized carbons (Fsp3) is 0.133. The molecule has 0 saturated carbocycles. The highest BCUT2D eigenvalue weighted by molar-refractivity contribution is 5.98. The van der Waals surface area contributed by atoms with Crippen LogP contribution in [0.4, 0.5) is 5.69 Å². The fourth-order valence-corrected chi connectivity index (χ4v) is 2.02. The van der Waals surface area contributed by atoms with E-state index in [0.29, 0.717) is 19.0 Å². The zero-order valence-corrected chi connectivity index (χ0v) is 9.97. The van der Waals surface area contributed by atoms with Gasteiger partial charge in [0, 0.05) is 11.3 Å². The minimum atomic E-state index is 0.536. The van der Waals surface area contributed by atoms with Gasteiger partial charge in [0.05, 0.1) is 6.54 Å². The Hall–Kier alpha value is -2.29. The lowest BCUT2D eigenvalue weighted by Crippen LogP contribution is -2.05. The third-order valence-electron chi connectivity index (χ3n) is 2.98. The van der Waals surface area contributed by atoms with Gasteiger partial charge in [-0.15, -0.1) is 0 Å². The van der Waals surface area contributed by atoms with Crippen LogP contribution in [0.2, 0.25) is 0 Å². The standard InChI is InChI=1S/C15H14N2O/c16-13-7-6-12-9-17-15(14(12)8-13)18-10-11-4-2-1-3-5-11/h1-8H,9-10,16H2. The monoisotopic (exact) mass is 238 g/mol. The van der Waals surface area contributed by atoms with Crippen LogP contribution >= 0.6 is 0 Å². The number of fused-ring (bicyclic) bond motifs is 1. The number of hydrogen-bond acceptors (Lipinski definition) is 3. The van der Waals surface area contributed by atoms with Gasteiger partial charge in [-0.2, -0.15) is 0 Å². The third-order valence-corrected chi connectivity index (χ3v) is 2.98. The molecule has 3 nitrogen and oxygen atoms in total. The Morgan fingerprint density at radius 3 is 2.78 bits per heavy atom. The summed E-state index contributed by atoms with van der Waals surface area (Å²) < 4.78 is 5.76. The lowest BCUT2D eigenvalue weighted by Gasteiger charge is -2.07. The lowest BCUT2D eigenvalue weighted by molar-refractivity contribution is 0.294. The van der Waals surface area contributed by atoms with E-state index in [0.717, 1.165) is 16.8 Å². The second kappa shape index (κ2) is 4.53. The number of anilines is 1. The van der Waals surface area contributed by atoms with Crippen molar-refractivity contribution in [1.82, 2.24) is 0 Å². The van der Waals surface area contributed by atoms with Crippen molar-refractivity contribution in [3.8, 4) is 0 Å². The summed E-state index contributed by atoms with van der Waals surface area (Å²) >= 11 is 0. The molecule has 1 aliphatic heterocycles. The van der Waals surface area contributed by atoms with E-state index < -0.39 is 0 Å². The Balaban J connectivity index is 1.75. The van der Waals surface area contributed by atoms with E-state index in [1.54, 1.807) is 0 Å². The van der Waals surface area contributed by atoms with Crippen LogP contribution in [0.1, 0.15) is 16.7 Å². The van der Waals surface area contributed by atoms with Gasteiger partial charge in [0.15, 0.2) is 0 Å². The van der Waals surface area contributed by atoms with Gasteiger partial charge in [0.1, 0.15) is 6.61 Å². The molecule has 0 aliphatic carbocycles. The van der Waals surface area contributed by atoms with Crippen LogP contribution in [0.15, 0.2) is 53.5 Å². The van der Waals surface area contributed by atoms with E-state index in [-0.39, 0.29) is 0 Å². The van der Waals surface area contributed by atoms with Crippen LogP contribution in [0.25, 0.3) is 0 Å². The van der Waals surface area contributed by atoms with Crippen molar-refractivity contribution >= 4 is 11.6 Å². The summed E-state index contributed by atoms with van der Waals surface area (Å²) in [7, 11) is 0. The molecule has 0 radical (unpaired) electrons. The smallest absolute Gasteiger partial charge is 0.217 e. The minimum Gasteiger partial charge on any atom is -0.473 e. The van der Waals surface area contributed by atoms with Gasteiger partial charge < -0.3 is 10.5 Å². The maximum absolute atomic E-state index is 5.79. The summed E-state index contributed by atoms with van der Waals surface area (Å²) in [5, 5.41) is 0. The Labute approximate surface area is 106 Å². The van der Waals surface area contributed by atoms with Crippen LogP contribution in [0.3, 0.4) is 0 Å². The van der Waals surface area contributed by atoms with Crippen LogP contribution in [-0.4, -0.2) is 5.90 Å². The normalized spacial score (nSPS) is 13.0. The fourth-order valence-electron chi connectivity index (χ4n) is 2.02. The van der Waals surface area contributed by atoms with E-state index >= 15 is 0 Å². The average molecular weight is 238 g/mol. The van der Waals surface area contributed by atoms with Gasteiger partial charge in [0.2, 0.25) is 5.90 Å². The summed E-state index contributed by atoms with van der Waals surface area (Å²) in [5.41, 5.74) is 9.86. The Bertz CT molecular complexity index is 591. The van der Waals surface area contributed by atoms with Crippen LogP contribution in [-0.2, 0) is 17.9 Å². The number of ether oxygens (including phenoxy) is 1. The van der Waals surface area contributed by atoms with Crippen molar-refractivity contribution in [2.24, 2.45) is 4.99 Å². The van der Waals surface area contributed by atoms with Crippen LogP contribution < -0.4 is 5.73 Å². The predicted octanol–water partition coefficient (Wildman–Crippen LogP) is 2.75. The number of nitrogens with two attached hydrogens (primary N) is 1. The Kier molecular flexibility index (Phi) is 2.73. The summed E-state index contributed by atoms with van der Waals surface area (Å²) in [5.74, 6) is 0.696. The molecule has 2 aromatic carbocycles.